The topological polar surface area (TPSA) is 24.9 Å². The first-order chi connectivity index (χ1) is 13.7. The van der Waals surface area contributed by atoms with E-state index in [4.69, 9.17) is 0 Å². The van der Waals surface area contributed by atoms with Crippen LogP contribution < -0.4 is 5.32 Å². The summed E-state index contributed by atoms with van der Waals surface area (Å²) in [5.74, 6) is -5.82. The minimum atomic E-state index is -6.27. The summed E-state index contributed by atoms with van der Waals surface area (Å²) in [6.45, 7) is 3.15. The maximum Gasteiger partial charge on any atom is 0.459 e. The van der Waals surface area contributed by atoms with Crippen molar-refractivity contribution in [3.05, 3.63) is 64.8 Å². The number of alkyl halides is 8. The molecule has 0 spiro atoms. The molecule has 1 N–H and O–H groups in total. The quantitative estimate of drug-likeness (QED) is 0.439. The number of hydrogen-bond acceptors (Lipinski definition) is 2. The monoisotopic (exact) mass is 434 g/mol. The third kappa shape index (κ3) is 3.90. The molecule has 3 rings (SSSR count). The van der Waals surface area contributed by atoms with Crippen molar-refractivity contribution in [3.63, 3.8) is 0 Å². The van der Waals surface area contributed by atoms with Crippen LogP contribution in [0.5, 0.6) is 0 Å². The van der Waals surface area contributed by atoms with Crippen LogP contribution in [0.1, 0.15) is 22.4 Å². The zero-order chi connectivity index (χ0) is 22.5. The Kier molecular flexibility index (Phi) is 5.16. The number of aromatic nitrogens is 1. The van der Waals surface area contributed by atoms with E-state index in [2.05, 4.69) is 10.3 Å². The Balaban J connectivity index is 2.44. The standard InChI is InChI=1S/C20H14F8N2/c1-10-4-3-5-12(8-10)29-16-13-7-6-11(2)9-14(13)30-17(15(16)19(23,24)25)18(21,22)20(26,27)28/h3-9H,1-2H3,(H,29,30). The van der Waals surface area contributed by atoms with Crippen LogP contribution in [0.25, 0.3) is 10.9 Å². The molecular weight excluding hydrogens is 420 g/mol. The van der Waals surface area contributed by atoms with Gasteiger partial charge in [0.25, 0.3) is 0 Å². The summed E-state index contributed by atoms with van der Waals surface area (Å²) >= 11 is 0. The van der Waals surface area contributed by atoms with Crippen molar-refractivity contribution >= 4 is 22.3 Å². The second kappa shape index (κ2) is 7.10. The van der Waals surface area contributed by atoms with Crippen LogP contribution in [-0.4, -0.2) is 11.2 Å². The molecule has 160 valence electrons. The molecule has 10 heteroatoms. The minimum Gasteiger partial charge on any atom is -0.354 e. The third-order valence-corrected chi connectivity index (χ3v) is 4.37. The van der Waals surface area contributed by atoms with Crippen molar-refractivity contribution in [3.8, 4) is 0 Å². The van der Waals surface area contributed by atoms with Gasteiger partial charge in [0.1, 0.15) is 11.3 Å². The van der Waals surface area contributed by atoms with Crippen LogP contribution >= 0.6 is 0 Å². The van der Waals surface area contributed by atoms with E-state index >= 15 is 0 Å². The smallest absolute Gasteiger partial charge is 0.354 e. The van der Waals surface area contributed by atoms with Gasteiger partial charge in [0.2, 0.25) is 0 Å². The fourth-order valence-corrected chi connectivity index (χ4v) is 3.01. The van der Waals surface area contributed by atoms with Gasteiger partial charge in [-0.15, -0.1) is 0 Å². The zero-order valence-corrected chi connectivity index (χ0v) is 15.5. The van der Waals surface area contributed by atoms with Crippen LogP contribution in [0.2, 0.25) is 0 Å². The van der Waals surface area contributed by atoms with Crippen molar-refractivity contribution < 1.29 is 35.1 Å². The molecule has 30 heavy (non-hydrogen) atoms. The van der Waals surface area contributed by atoms with E-state index in [-0.39, 0.29) is 11.1 Å². The van der Waals surface area contributed by atoms with Crippen LogP contribution in [0, 0.1) is 13.8 Å². The molecule has 2 nitrogen and oxygen atoms in total. The summed E-state index contributed by atoms with van der Waals surface area (Å²) in [5.41, 5.74) is -4.73. The number of hydrogen-bond donors (Lipinski definition) is 1. The molecule has 1 aromatic heterocycles. The van der Waals surface area contributed by atoms with Crippen LogP contribution in [0.4, 0.5) is 46.5 Å². The molecule has 0 bridgehead atoms. The number of pyridine rings is 1. The number of anilines is 2. The highest BCUT2D eigenvalue weighted by Gasteiger charge is 2.63. The van der Waals surface area contributed by atoms with Crippen LogP contribution in [-0.2, 0) is 12.1 Å². The highest BCUT2D eigenvalue weighted by atomic mass is 19.4. The Morgan fingerprint density at radius 1 is 0.800 bits per heavy atom. The molecule has 0 aliphatic carbocycles. The highest BCUT2D eigenvalue weighted by Crippen LogP contribution is 2.51. The minimum absolute atomic E-state index is 0.0925. The molecule has 1 heterocycles. The van der Waals surface area contributed by atoms with Gasteiger partial charge < -0.3 is 5.32 Å². The summed E-state index contributed by atoms with van der Waals surface area (Å²) in [6, 6.07) is 9.70. The van der Waals surface area contributed by atoms with Gasteiger partial charge in [-0.25, -0.2) is 4.98 Å². The van der Waals surface area contributed by atoms with Gasteiger partial charge in [-0.05, 0) is 43.2 Å². The normalized spacial score (nSPS) is 13.0. The lowest BCUT2D eigenvalue weighted by molar-refractivity contribution is -0.292. The van der Waals surface area contributed by atoms with Crippen molar-refractivity contribution in [1.82, 2.24) is 4.98 Å². The molecule has 2 aromatic carbocycles. The molecule has 0 saturated heterocycles. The average molecular weight is 434 g/mol. The van der Waals surface area contributed by atoms with E-state index in [9.17, 15) is 35.1 Å². The number of fused-ring (bicyclic) bond motifs is 1. The maximum absolute atomic E-state index is 14.1. The Labute approximate surface area is 165 Å². The van der Waals surface area contributed by atoms with Gasteiger partial charge in [0, 0.05) is 11.1 Å². The predicted molar refractivity (Wildman–Crippen MR) is 95.9 cm³/mol. The van der Waals surface area contributed by atoms with Crippen molar-refractivity contribution in [1.29, 1.82) is 0 Å². The third-order valence-electron chi connectivity index (χ3n) is 4.37. The van der Waals surface area contributed by atoms with E-state index in [0.29, 0.717) is 11.1 Å². The van der Waals surface area contributed by atoms with Crippen molar-refractivity contribution in [2.75, 3.05) is 5.32 Å². The molecule has 0 aliphatic rings. The Morgan fingerprint density at radius 2 is 1.43 bits per heavy atom. The number of nitrogens with one attached hydrogen (secondary N) is 1. The summed E-state index contributed by atoms with van der Waals surface area (Å²) in [6.07, 6.45) is -11.8. The number of rotatable bonds is 3. The predicted octanol–water partition coefficient (Wildman–Crippen LogP) is 7.27. The Morgan fingerprint density at radius 3 is 2.00 bits per heavy atom. The van der Waals surface area contributed by atoms with Crippen LogP contribution in [0.15, 0.2) is 42.5 Å². The number of aryl methyl sites for hydroxylation is 2. The first kappa shape index (κ1) is 21.8. The number of halogens is 8. The maximum atomic E-state index is 14.1. The molecule has 0 radical (unpaired) electrons. The first-order valence-corrected chi connectivity index (χ1v) is 8.52. The van der Waals surface area contributed by atoms with Crippen LogP contribution in [0.3, 0.4) is 0 Å². The largest absolute Gasteiger partial charge is 0.459 e. The van der Waals surface area contributed by atoms with E-state index in [1.54, 1.807) is 13.0 Å². The second-order valence-electron chi connectivity index (χ2n) is 6.80. The summed E-state index contributed by atoms with van der Waals surface area (Å²) in [7, 11) is 0. The average Bonchev–Trinajstić information content (AvgIpc) is 2.59. The van der Waals surface area contributed by atoms with Gasteiger partial charge in [-0.3, -0.25) is 0 Å². The van der Waals surface area contributed by atoms with E-state index in [1.165, 1.54) is 37.3 Å². The SMILES string of the molecule is Cc1cccc(Nc2c(C(F)(F)F)c(C(F)(F)C(F)(F)F)nc3cc(C)ccc23)c1. The number of benzene rings is 2. The fraction of sp³-hybridized carbons (Fsp3) is 0.250. The number of nitrogens with zero attached hydrogens (tertiary/aromatic N) is 1. The van der Waals surface area contributed by atoms with Crippen molar-refractivity contribution in [2.24, 2.45) is 0 Å². The molecule has 0 amide bonds. The van der Waals surface area contributed by atoms with E-state index < -0.39 is 40.7 Å². The lowest BCUT2D eigenvalue weighted by atomic mass is 9.99. The van der Waals surface area contributed by atoms with Gasteiger partial charge in [-0.1, -0.05) is 24.3 Å². The van der Waals surface area contributed by atoms with Crippen molar-refractivity contribution in [2.45, 2.75) is 32.1 Å². The Bertz CT molecular complexity index is 1100. The zero-order valence-electron chi connectivity index (χ0n) is 15.5. The Hall–Kier alpha value is -2.91. The van der Waals surface area contributed by atoms with Gasteiger partial charge in [0.05, 0.1) is 11.2 Å². The first-order valence-electron chi connectivity index (χ1n) is 8.52. The lowest BCUT2D eigenvalue weighted by Crippen LogP contribution is -2.37. The van der Waals surface area contributed by atoms with E-state index in [1.807, 2.05) is 0 Å². The van der Waals surface area contributed by atoms with E-state index in [0.717, 1.165) is 6.07 Å². The summed E-state index contributed by atoms with van der Waals surface area (Å²) in [5, 5.41) is 2.15. The molecule has 0 atom stereocenters. The van der Waals surface area contributed by atoms with Gasteiger partial charge >= 0.3 is 18.3 Å². The molecular formula is C20H14F8N2. The molecule has 0 aliphatic heterocycles. The van der Waals surface area contributed by atoms with Gasteiger partial charge in [0.15, 0.2) is 0 Å². The summed E-state index contributed by atoms with van der Waals surface area (Å²) < 4.78 is 109. The lowest BCUT2D eigenvalue weighted by Gasteiger charge is -2.26. The second-order valence-corrected chi connectivity index (χ2v) is 6.80. The molecule has 0 saturated carbocycles. The fourth-order valence-electron chi connectivity index (χ4n) is 3.01. The van der Waals surface area contributed by atoms with Gasteiger partial charge in [-0.2, -0.15) is 35.1 Å². The highest BCUT2D eigenvalue weighted by molar-refractivity contribution is 5.96. The molecule has 3 aromatic rings. The molecule has 0 unspecified atom stereocenters. The molecule has 0 fully saturated rings. The summed E-state index contributed by atoms with van der Waals surface area (Å²) in [4.78, 5) is 3.13.